The molecule has 0 spiro atoms. The molecule has 2 aromatic rings. The Hall–Kier alpha value is -1.58. The number of phenolic OH excluding ortho intramolecular Hbond substituents is 1. The topological polar surface area (TPSA) is 35.5 Å². The largest absolute Gasteiger partial charge is 0.507 e. The summed E-state index contributed by atoms with van der Waals surface area (Å²) in [6.45, 7) is 6.55. The van der Waals surface area contributed by atoms with Crippen LogP contribution >= 0.6 is 0 Å². The second-order valence-corrected chi connectivity index (χ2v) is 5.43. The van der Waals surface area contributed by atoms with E-state index in [-0.39, 0.29) is 0 Å². The van der Waals surface area contributed by atoms with E-state index in [1.54, 1.807) is 0 Å². The Morgan fingerprint density at radius 3 is 2.50 bits per heavy atom. The zero-order valence-corrected chi connectivity index (χ0v) is 12.0. The van der Waals surface area contributed by atoms with Crippen molar-refractivity contribution in [3.63, 3.8) is 0 Å². The predicted octanol–water partition coefficient (Wildman–Crippen LogP) is 2.90. The summed E-state index contributed by atoms with van der Waals surface area (Å²) in [6.07, 6.45) is 1.09. The number of hydrogen-bond acceptors (Lipinski definition) is 3. The molecule has 1 saturated heterocycles. The fourth-order valence-electron chi connectivity index (χ4n) is 3.27. The predicted molar refractivity (Wildman–Crippen MR) is 83.1 cm³/mol. The molecule has 0 aliphatic carbocycles. The standard InChI is InChI=1S/C17H22N2O/c1-2-16(19-11-9-18-10-12-19)14-7-8-17(20)15-6-4-3-5-13(14)15/h3-8,16,18,20H,2,9-12H2,1H3/t16-/m1/s1. The first-order valence-electron chi connectivity index (χ1n) is 7.46. The van der Waals surface area contributed by atoms with Crippen LogP contribution < -0.4 is 5.32 Å². The number of nitrogens with zero attached hydrogens (tertiary/aromatic N) is 1. The molecule has 0 saturated carbocycles. The number of phenols is 1. The number of benzene rings is 2. The zero-order chi connectivity index (χ0) is 13.9. The molecule has 3 heteroatoms. The minimum Gasteiger partial charge on any atom is -0.507 e. The number of hydrogen-bond donors (Lipinski definition) is 2. The molecule has 1 aliphatic heterocycles. The van der Waals surface area contributed by atoms with Gasteiger partial charge in [-0.3, -0.25) is 4.90 Å². The third-order valence-corrected chi connectivity index (χ3v) is 4.27. The number of nitrogens with one attached hydrogen (secondary N) is 1. The van der Waals surface area contributed by atoms with E-state index in [4.69, 9.17) is 0 Å². The van der Waals surface area contributed by atoms with Gasteiger partial charge in [-0.15, -0.1) is 0 Å². The average molecular weight is 270 g/mol. The lowest BCUT2D eigenvalue weighted by Crippen LogP contribution is -2.45. The number of rotatable bonds is 3. The quantitative estimate of drug-likeness (QED) is 0.900. The van der Waals surface area contributed by atoms with Crippen LogP contribution in [0.3, 0.4) is 0 Å². The van der Waals surface area contributed by atoms with Gasteiger partial charge < -0.3 is 10.4 Å². The van der Waals surface area contributed by atoms with Gasteiger partial charge >= 0.3 is 0 Å². The maximum atomic E-state index is 10.0. The van der Waals surface area contributed by atoms with Gasteiger partial charge in [-0.2, -0.15) is 0 Å². The Kier molecular flexibility index (Phi) is 3.90. The highest BCUT2D eigenvalue weighted by Gasteiger charge is 2.22. The minimum atomic E-state index is 0.375. The Morgan fingerprint density at radius 1 is 1.10 bits per heavy atom. The SMILES string of the molecule is CC[C@H](c1ccc(O)c2ccccc12)N1CCNCC1. The lowest BCUT2D eigenvalue weighted by atomic mass is 9.95. The van der Waals surface area contributed by atoms with Crippen molar-refractivity contribution < 1.29 is 5.11 Å². The van der Waals surface area contributed by atoms with Crippen molar-refractivity contribution >= 4 is 10.8 Å². The third-order valence-electron chi connectivity index (χ3n) is 4.27. The number of aromatic hydroxyl groups is 1. The molecule has 1 fully saturated rings. The fraction of sp³-hybridized carbons (Fsp3) is 0.412. The van der Waals surface area contributed by atoms with Crippen LogP contribution in [0.15, 0.2) is 36.4 Å². The molecule has 2 N–H and O–H groups in total. The second-order valence-electron chi connectivity index (χ2n) is 5.43. The van der Waals surface area contributed by atoms with Crippen LogP contribution in [0, 0.1) is 0 Å². The molecule has 0 bridgehead atoms. The van der Waals surface area contributed by atoms with Crippen LogP contribution in [0.25, 0.3) is 10.8 Å². The van der Waals surface area contributed by atoms with Crippen molar-refractivity contribution in [1.29, 1.82) is 0 Å². The van der Waals surface area contributed by atoms with E-state index < -0.39 is 0 Å². The van der Waals surface area contributed by atoms with Gasteiger partial charge in [0.15, 0.2) is 0 Å². The first-order chi connectivity index (χ1) is 9.81. The molecule has 20 heavy (non-hydrogen) atoms. The molecule has 1 heterocycles. The van der Waals surface area contributed by atoms with Gasteiger partial charge in [0.25, 0.3) is 0 Å². The Balaban J connectivity index is 2.05. The molecular weight excluding hydrogens is 248 g/mol. The van der Waals surface area contributed by atoms with Gasteiger partial charge in [0, 0.05) is 37.6 Å². The second kappa shape index (κ2) is 5.81. The molecule has 3 nitrogen and oxygen atoms in total. The van der Waals surface area contributed by atoms with Crippen molar-refractivity contribution in [2.45, 2.75) is 19.4 Å². The van der Waals surface area contributed by atoms with Crippen molar-refractivity contribution in [1.82, 2.24) is 10.2 Å². The monoisotopic (exact) mass is 270 g/mol. The summed E-state index contributed by atoms with van der Waals surface area (Å²) in [6, 6.07) is 12.5. The smallest absolute Gasteiger partial charge is 0.123 e. The van der Waals surface area contributed by atoms with Gasteiger partial charge in [-0.25, -0.2) is 0 Å². The molecule has 2 aromatic carbocycles. The molecule has 1 atom stereocenters. The molecule has 106 valence electrons. The maximum absolute atomic E-state index is 10.0. The van der Waals surface area contributed by atoms with Crippen molar-refractivity contribution in [2.24, 2.45) is 0 Å². The van der Waals surface area contributed by atoms with E-state index in [2.05, 4.69) is 35.3 Å². The first kappa shape index (κ1) is 13.4. The summed E-state index contributed by atoms with van der Waals surface area (Å²) in [7, 11) is 0. The van der Waals surface area contributed by atoms with Crippen molar-refractivity contribution in [3.8, 4) is 5.75 Å². The summed E-state index contributed by atoms with van der Waals surface area (Å²) in [5.74, 6) is 0.375. The molecule has 3 rings (SSSR count). The highest BCUT2D eigenvalue weighted by atomic mass is 16.3. The number of fused-ring (bicyclic) bond motifs is 1. The highest BCUT2D eigenvalue weighted by Crippen LogP contribution is 2.34. The van der Waals surface area contributed by atoms with Crippen LogP contribution in [-0.2, 0) is 0 Å². The van der Waals surface area contributed by atoms with Crippen LogP contribution in [0.4, 0.5) is 0 Å². The lowest BCUT2D eigenvalue weighted by Gasteiger charge is -2.35. The van der Waals surface area contributed by atoms with E-state index in [0.29, 0.717) is 11.8 Å². The molecule has 0 unspecified atom stereocenters. The summed E-state index contributed by atoms with van der Waals surface area (Å²) in [5, 5.41) is 15.6. The zero-order valence-electron chi connectivity index (χ0n) is 12.0. The molecule has 0 amide bonds. The summed E-state index contributed by atoms with van der Waals surface area (Å²) in [5.41, 5.74) is 1.34. The minimum absolute atomic E-state index is 0.375. The third kappa shape index (κ3) is 2.39. The Bertz CT molecular complexity index is 591. The van der Waals surface area contributed by atoms with E-state index in [0.717, 1.165) is 38.0 Å². The normalized spacial score (nSPS) is 18.2. The first-order valence-corrected chi connectivity index (χ1v) is 7.46. The van der Waals surface area contributed by atoms with Gasteiger partial charge in [0.05, 0.1) is 0 Å². The van der Waals surface area contributed by atoms with E-state index in [1.165, 1.54) is 10.9 Å². The summed E-state index contributed by atoms with van der Waals surface area (Å²) in [4.78, 5) is 2.55. The van der Waals surface area contributed by atoms with E-state index in [1.807, 2.05) is 18.2 Å². The Labute approximate surface area is 120 Å². The Morgan fingerprint density at radius 2 is 1.80 bits per heavy atom. The van der Waals surface area contributed by atoms with Gasteiger partial charge in [0.1, 0.15) is 5.75 Å². The fourth-order valence-corrected chi connectivity index (χ4v) is 3.27. The van der Waals surface area contributed by atoms with Crippen molar-refractivity contribution in [3.05, 3.63) is 42.0 Å². The van der Waals surface area contributed by atoms with Gasteiger partial charge in [0.2, 0.25) is 0 Å². The van der Waals surface area contributed by atoms with Crippen LogP contribution in [-0.4, -0.2) is 36.2 Å². The molecule has 1 aliphatic rings. The van der Waals surface area contributed by atoms with E-state index >= 15 is 0 Å². The maximum Gasteiger partial charge on any atom is 0.123 e. The van der Waals surface area contributed by atoms with Crippen molar-refractivity contribution in [2.75, 3.05) is 26.2 Å². The lowest BCUT2D eigenvalue weighted by molar-refractivity contribution is 0.170. The average Bonchev–Trinajstić information content (AvgIpc) is 2.52. The van der Waals surface area contributed by atoms with Crippen LogP contribution in [0.1, 0.15) is 24.9 Å². The molecular formula is C17H22N2O. The van der Waals surface area contributed by atoms with Crippen LogP contribution in [0.5, 0.6) is 5.75 Å². The van der Waals surface area contributed by atoms with Gasteiger partial charge in [-0.1, -0.05) is 37.3 Å². The summed E-state index contributed by atoms with van der Waals surface area (Å²) >= 11 is 0. The highest BCUT2D eigenvalue weighted by molar-refractivity contribution is 5.91. The molecule has 0 radical (unpaired) electrons. The van der Waals surface area contributed by atoms with Crippen LogP contribution in [0.2, 0.25) is 0 Å². The van der Waals surface area contributed by atoms with E-state index in [9.17, 15) is 5.11 Å². The summed E-state index contributed by atoms with van der Waals surface area (Å²) < 4.78 is 0. The number of piperazine rings is 1. The van der Waals surface area contributed by atoms with Gasteiger partial charge in [-0.05, 0) is 23.4 Å². The molecule has 0 aromatic heterocycles.